The fourth-order valence-electron chi connectivity index (χ4n) is 1.88. The van der Waals surface area contributed by atoms with Crippen molar-refractivity contribution in [3.05, 3.63) is 42.4 Å². The SMILES string of the molecule is CC(C)(N)c1nc(-c2nccc3ccccc23)no1. The number of hydrogen-bond donors (Lipinski definition) is 1. The van der Waals surface area contributed by atoms with E-state index in [2.05, 4.69) is 15.1 Å². The van der Waals surface area contributed by atoms with Gasteiger partial charge in [-0.1, -0.05) is 29.4 Å². The number of rotatable bonds is 2. The Balaban J connectivity index is 2.17. The van der Waals surface area contributed by atoms with Gasteiger partial charge in [0.25, 0.3) is 0 Å². The molecule has 2 N–H and O–H groups in total. The van der Waals surface area contributed by atoms with E-state index in [9.17, 15) is 0 Å². The van der Waals surface area contributed by atoms with Crippen LogP contribution in [0.1, 0.15) is 19.7 Å². The normalized spacial score (nSPS) is 11.9. The maximum absolute atomic E-state index is 5.94. The highest BCUT2D eigenvalue weighted by atomic mass is 16.5. The second-order valence-corrected chi connectivity index (χ2v) is 5.03. The Labute approximate surface area is 110 Å². The molecule has 3 aromatic rings. The van der Waals surface area contributed by atoms with E-state index in [1.165, 1.54) is 0 Å². The van der Waals surface area contributed by atoms with E-state index in [4.69, 9.17) is 10.3 Å². The van der Waals surface area contributed by atoms with E-state index in [1.807, 2.05) is 44.2 Å². The maximum atomic E-state index is 5.94. The van der Waals surface area contributed by atoms with Crippen LogP contribution in [0.2, 0.25) is 0 Å². The number of fused-ring (bicyclic) bond motifs is 1. The molecule has 0 amide bonds. The first-order chi connectivity index (χ1) is 9.05. The Hall–Kier alpha value is -2.27. The van der Waals surface area contributed by atoms with Crippen molar-refractivity contribution >= 4 is 10.8 Å². The number of benzene rings is 1. The van der Waals surface area contributed by atoms with Crippen LogP contribution < -0.4 is 5.73 Å². The quantitative estimate of drug-likeness (QED) is 0.760. The topological polar surface area (TPSA) is 77.8 Å². The highest BCUT2D eigenvalue weighted by Gasteiger charge is 2.23. The Bertz CT molecular complexity index is 722. The van der Waals surface area contributed by atoms with Crippen LogP contribution in [0, 0.1) is 0 Å². The molecule has 0 saturated heterocycles. The van der Waals surface area contributed by atoms with Gasteiger partial charge in [-0.05, 0) is 25.3 Å². The molecule has 0 radical (unpaired) electrons. The molecular weight excluding hydrogens is 240 g/mol. The van der Waals surface area contributed by atoms with Crippen LogP contribution in [0.15, 0.2) is 41.1 Å². The van der Waals surface area contributed by atoms with Crippen molar-refractivity contribution in [3.8, 4) is 11.5 Å². The number of hydrogen-bond acceptors (Lipinski definition) is 5. The number of nitrogens with zero attached hydrogens (tertiary/aromatic N) is 3. The average Bonchev–Trinajstić information content (AvgIpc) is 2.87. The summed E-state index contributed by atoms with van der Waals surface area (Å²) >= 11 is 0. The predicted octanol–water partition coefficient (Wildman–Crippen LogP) is 2.48. The highest BCUT2D eigenvalue weighted by molar-refractivity contribution is 5.92. The van der Waals surface area contributed by atoms with E-state index in [0.717, 1.165) is 10.8 Å². The first kappa shape index (κ1) is 11.8. The zero-order chi connectivity index (χ0) is 13.5. The fraction of sp³-hybridized carbons (Fsp3) is 0.214. The smallest absolute Gasteiger partial charge is 0.246 e. The third kappa shape index (κ3) is 2.08. The summed E-state index contributed by atoms with van der Waals surface area (Å²) in [6.45, 7) is 3.64. The Morgan fingerprint density at radius 3 is 2.68 bits per heavy atom. The van der Waals surface area contributed by atoms with Crippen LogP contribution >= 0.6 is 0 Å². The molecule has 0 atom stereocenters. The zero-order valence-corrected chi connectivity index (χ0v) is 10.8. The lowest BCUT2D eigenvalue weighted by Gasteiger charge is -2.10. The summed E-state index contributed by atoms with van der Waals surface area (Å²) in [6.07, 6.45) is 1.74. The molecule has 0 aliphatic carbocycles. The Morgan fingerprint density at radius 2 is 1.95 bits per heavy atom. The monoisotopic (exact) mass is 254 g/mol. The van der Waals surface area contributed by atoms with Crippen LogP contribution in [0.3, 0.4) is 0 Å². The molecule has 96 valence electrons. The van der Waals surface area contributed by atoms with Crippen LogP contribution in [-0.2, 0) is 5.54 Å². The molecule has 0 aliphatic rings. The molecule has 0 bridgehead atoms. The van der Waals surface area contributed by atoms with E-state index < -0.39 is 5.54 Å². The molecule has 2 aromatic heterocycles. The van der Waals surface area contributed by atoms with E-state index in [0.29, 0.717) is 17.4 Å². The molecule has 0 unspecified atom stereocenters. The molecule has 0 aliphatic heterocycles. The summed E-state index contributed by atoms with van der Waals surface area (Å²) in [5.74, 6) is 0.863. The van der Waals surface area contributed by atoms with Gasteiger partial charge in [-0.25, -0.2) is 0 Å². The van der Waals surface area contributed by atoms with Crippen molar-refractivity contribution in [2.24, 2.45) is 5.73 Å². The first-order valence-corrected chi connectivity index (χ1v) is 6.03. The van der Waals surface area contributed by atoms with Crippen LogP contribution in [0.4, 0.5) is 0 Å². The lowest BCUT2D eigenvalue weighted by molar-refractivity contribution is 0.312. The summed E-state index contributed by atoms with van der Waals surface area (Å²) in [4.78, 5) is 8.68. The van der Waals surface area contributed by atoms with Crippen LogP contribution in [-0.4, -0.2) is 15.1 Å². The molecule has 0 fully saturated rings. The van der Waals surface area contributed by atoms with Crippen molar-refractivity contribution in [2.75, 3.05) is 0 Å². The number of nitrogens with two attached hydrogens (primary N) is 1. The molecular formula is C14H14N4O. The number of aromatic nitrogens is 3. The lowest BCUT2D eigenvalue weighted by atomic mass is 10.1. The largest absolute Gasteiger partial charge is 0.337 e. The minimum atomic E-state index is -0.657. The number of pyridine rings is 1. The summed E-state index contributed by atoms with van der Waals surface area (Å²) in [6, 6.07) is 9.90. The van der Waals surface area contributed by atoms with Gasteiger partial charge >= 0.3 is 0 Å². The van der Waals surface area contributed by atoms with Gasteiger partial charge in [0.1, 0.15) is 5.69 Å². The highest BCUT2D eigenvalue weighted by Crippen LogP contribution is 2.25. The summed E-state index contributed by atoms with van der Waals surface area (Å²) in [5, 5.41) is 6.06. The van der Waals surface area contributed by atoms with Gasteiger partial charge in [0.15, 0.2) is 0 Å². The maximum Gasteiger partial charge on any atom is 0.246 e. The minimum absolute atomic E-state index is 0.400. The molecule has 2 heterocycles. The van der Waals surface area contributed by atoms with Gasteiger partial charge < -0.3 is 10.3 Å². The Kier molecular flexibility index (Phi) is 2.57. The molecule has 19 heavy (non-hydrogen) atoms. The van der Waals surface area contributed by atoms with Gasteiger partial charge in [-0.2, -0.15) is 4.98 Å². The summed E-state index contributed by atoms with van der Waals surface area (Å²) in [5.41, 5.74) is 5.99. The van der Waals surface area contributed by atoms with Gasteiger partial charge in [-0.3, -0.25) is 4.98 Å². The third-order valence-corrected chi connectivity index (χ3v) is 2.86. The van der Waals surface area contributed by atoms with E-state index in [1.54, 1.807) is 6.20 Å². The van der Waals surface area contributed by atoms with Crippen molar-refractivity contribution < 1.29 is 4.52 Å². The average molecular weight is 254 g/mol. The van der Waals surface area contributed by atoms with Crippen molar-refractivity contribution in [1.29, 1.82) is 0 Å². The van der Waals surface area contributed by atoms with Gasteiger partial charge in [-0.15, -0.1) is 0 Å². The van der Waals surface area contributed by atoms with Gasteiger partial charge in [0.05, 0.1) is 5.54 Å². The summed E-state index contributed by atoms with van der Waals surface area (Å²) < 4.78 is 5.21. The fourth-order valence-corrected chi connectivity index (χ4v) is 1.88. The van der Waals surface area contributed by atoms with Crippen molar-refractivity contribution in [3.63, 3.8) is 0 Å². The standard InChI is InChI=1S/C14H14N4O/c1-14(2,15)13-17-12(18-19-13)11-10-6-4-3-5-9(10)7-8-16-11/h3-8H,15H2,1-2H3. The van der Waals surface area contributed by atoms with Crippen molar-refractivity contribution in [2.45, 2.75) is 19.4 Å². The molecule has 5 nitrogen and oxygen atoms in total. The molecule has 5 heteroatoms. The van der Waals surface area contributed by atoms with E-state index >= 15 is 0 Å². The van der Waals surface area contributed by atoms with E-state index in [-0.39, 0.29) is 0 Å². The second-order valence-electron chi connectivity index (χ2n) is 5.03. The Morgan fingerprint density at radius 1 is 1.16 bits per heavy atom. The van der Waals surface area contributed by atoms with Gasteiger partial charge in [0.2, 0.25) is 11.7 Å². The molecule has 3 rings (SSSR count). The van der Waals surface area contributed by atoms with Crippen LogP contribution in [0.5, 0.6) is 0 Å². The van der Waals surface area contributed by atoms with Gasteiger partial charge in [0, 0.05) is 11.6 Å². The molecule has 0 saturated carbocycles. The second kappa shape index (κ2) is 4.13. The minimum Gasteiger partial charge on any atom is -0.337 e. The van der Waals surface area contributed by atoms with Crippen molar-refractivity contribution in [1.82, 2.24) is 15.1 Å². The summed E-state index contributed by atoms with van der Waals surface area (Å²) in [7, 11) is 0. The third-order valence-electron chi connectivity index (χ3n) is 2.86. The lowest BCUT2D eigenvalue weighted by Crippen LogP contribution is -2.28. The molecule has 0 spiro atoms. The molecule has 1 aromatic carbocycles. The zero-order valence-electron chi connectivity index (χ0n) is 10.8. The first-order valence-electron chi connectivity index (χ1n) is 6.03. The predicted molar refractivity (Wildman–Crippen MR) is 72.2 cm³/mol. The van der Waals surface area contributed by atoms with Crippen LogP contribution in [0.25, 0.3) is 22.3 Å².